The number of carbonyl (C=O) groups is 3. The molecule has 2 fully saturated rings. The molecule has 18 nitrogen and oxygen atoms in total. The van der Waals surface area contributed by atoms with E-state index >= 15 is 4.39 Å². The number of aromatic nitrogens is 1. The van der Waals surface area contributed by atoms with Crippen molar-refractivity contribution < 1.29 is 62.7 Å². The SMILES string of the molecule is CNC(=O)c1c(-c2ccc(F)cc2)oc2cc(N(C)S(C)(=O)=O)c(C3CN(C(=O)c4cc5c(F)ccc(CS(=O)(=O)N(C)c6cc7oc(-c8ccc(F)cc8)c(C(=O)NC)c7cc6C6CNCCO6)c5n4C)CCO3)cc12. The van der Waals surface area contributed by atoms with Gasteiger partial charge in [-0.2, -0.15) is 0 Å². The molecule has 5 heterocycles. The first-order valence-electron chi connectivity index (χ1n) is 24.3. The molecule has 0 bridgehead atoms. The number of benzene rings is 5. The van der Waals surface area contributed by atoms with Crippen LogP contribution in [-0.2, 0) is 42.3 Å². The maximum atomic E-state index is 16.0. The fraction of sp³-hybridized carbons (Fsp3) is 0.278. The minimum absolute atomic E-state index is 0.0127. The van der Waals surface area contributed by atoms with Gasteiger partial charge in [0.15, 0.2) is 0 Å². The summed E-state index contributed by atoms with van der Waals surface area (Å²) in [6, 6.07) is 20.7. The summed E-state index contributed by atoms with van der Waals surface area (Å²) in [5.41, 5.74) is 2.68. The number of ether oxygens (including phenoxy) is 2. The Hall–Kier alpha value is -7.70. The molecular weight excluding hydrogens is 1040 g/mol. The number of aryl methyl sites for hydroxylation is 1. The second-order valence-corrected chi connectivity index (χ2v) is 22.8. The van der Waals surface area contributed by atoms with E-state index in [1.807, 2.05) is 0 Å². The summed E-state index contributed by atoms with van der Waals surface area (Å²) < 4.78 is 128. The molecule has 2 aliphatic rings. The van der Waals surface area contributed by atoms with Crippen molar-refractivity contribution in [2.75, 3.05) is 82.4 Å². The van der Waals surface area contributed by atoms with Crippen molar-refractivity contribution in [3.63, 3.8) is 0 Å². The fourth-order valence-corrected chi connectivity index (χ4v) is 11.9. The van der Waals surface area contributed by atoms with Crippen molar-refractivity contribution in [2.45, 2.75) is 18.0 Å². The Labute approximate surface area is 440 Å². The van der Waals surface area contributed by atoms with Gasteiger partial charge in [0.05, 0.1) is 65.9 Å². The lowest BCUT2D eigenvalue weighted by Crippen LogP contribution is -2.43. The highest BCUT2D eigenvalue weighted by Gasteiger charge is 2.35. The normalized spacial score (nSPS) is 16.3. The van der Waals surface area contributed by atoms with Gasteiger partial charge in [0.1, 0.15) is 51.9 Å². The molecule has 77 heavy (non-hydrogen) atoms. The first-order chi connectivity index (χ1) is 36.7. The third-order valence-corrected chi connectivity index (χ3v) is 17.0. The molecule has 2 saturated heterocycles. The molecule has 402 valence electrons. The van der Waals surface area contributed by atoms with Crippen LogP contribution in [0.25, 0.3) is 55.5 Å². The molecule has 8 aromatic rings. The Morgan fingerprint density at radius 3 is 1.75 bits per heavy atom. The molecule has 0 spiro atoms. The van der Waals surface area contributed by atoms with E-state index in [1.54, 1.807) is 12.1 Å². The number of fused-ring (bicyclic) bond motifs is 3. The maximum Gasteiger partial charge on any atom is 0.270 e. The van der Waals surface area contributed by atoms with E-state index in [0.717, 1.165) is 20.9 Å². The highest BCUT2D eigenvalue weighted by Crippen LogP contribution is 2.43. The molecule has 3 aromatic heterocycles. The second kappa shape index (κ2) is 20.3. The lowest BCUT2D eigenvalue weighted by atomic mass is 9.99. The van der Waals surface area contributed by atoms with E-state index in [9.17, 15) is 40.0 Å². The predicted octanol–water partition coefficient (Wildman–Crippen LogP) is 7.38. The van der Waals surface area contributed by atoms with Gasteiger partial charge in [-0.05, 0) is 78.4 Å². The monoisotopic (exact) mass is 1100 g/mol. The average Bonchev–Trinajstić information content (AvgIpc) is 4.19. The minimum atomic E-state index is -4.38. The van der Waals surface area contributed by atoms with E-state index < -0.39 is 73.2 Å². The number of hydrogen-bond acceptors (Lipinski definition) is 12. The Morgan fingerprint density at radius 2 is 1.23 bits per heavy atom. The molecule has 10 rings (SSSR count). The molecule has 0 saturated carbocycles. The van der Waals surface area contributed by atoms with E-state index in [4.69, 9.17) is 18.3 Å². The van der Waals surface area contributed by atoms with Crippen molar-refractivity contribution in [1.29, 1.82) is 0 Å². The van der Waals surface area contributed by atoms with Crippen LogP contribution in [0.1, 0.15) is 60.1 Å². The summed E-state index contributed by atoms with van der Waals surface area (Å²) in [4.78, 5) is 43.2. The number of hydrogen-bond donors (Lipinski definition) is 3. The molecule has 23 heteroatoms. The van der Waals surface area contributed by atoms with Crippen LogP contribution in [0.3, 0.4) is 0 Å². The van der Waals surface area contributed by atoms with Crippen LogP contribution in [0.4, 0.5) is 24.5 Å². The van der Waals surface area contributed by atoms with Gasteiger partial charge in [0.25, 0.3) is 17.7 Å². The number of halogens is 3. The number of furan rings is 2. The molecule has 5 aromatic carbocycles. The summed E-state index contributed by atoms with van der Waals surface area (Å²) in [5, 5.41) is 9.14. The van der Waals surface area contributed by atoms with Crippen molar-refractivity contribution in [3.8, 4) is 22.6 Å². The summed E-state index contributed by atoms with van der Waals surface area (Å²) in [6.45, 7) is 1.07. The zero-order chi connectivity index (χ0) is 54.8. The minimum Gasteiger partial charge on any atom is -0.455 e. The van der Waals surface area contributed by atoms with E-state index in [0.29, 0.717) is 47.3 Å². The lowest BCUT2D eigenvalue weighted by Gasteiger charge is -2.35. The zero-order valence-corrected chi connectivity index (χ0v) is 44.1. The third kappa shape index (κ3) is 9.66. The van der Waals surface area contributed by atoms with E-state index in [2.05, 4.69) is 16.0 Å². The van der Waals surface area contributed by atoms with Crippen LogP contribution >= 0.6 is 0 Å². The zero-order valence-electron chi connectivity index (χ0n) is 42.5. The highest BCUT2D eigenvalue weighted by atomic mass is 32.2. The average molecular weight is 1100 g/mol. The number of nitrogens with one attached hydrogen (secondary N) is 3. The number of rotatable bonds is 13. The molecule has 2 atom stereocenters. The number of nitrogens with zero attached hydrogens (tertiary/aromatic N) is 4. The van der Waals surface area contributed by atoms with Crippen molar-refractivity contribution in [3.05, 3.63) is 142 Å². The Kier molecular flexibility index (Phi) is 13.9. The second-order valence-electron chi connectivity index (χ2n) is 18.8. The molecule has 3 N–H and O–H groups in total. The largest absolute Gasteiger partial charge is 0.455 e. The quantitative estimate of drug-likeness (QED) is 0.103. The van der Waals surface area contributed by atoms with Crippen LogP contribution in [0.15, 0.2) is 99.8 Å². The number of sulfonamides is 2. The first kappa shape index (κ1) is 52.7. The number of carbonyl (C=O) groups excluding carboxylic acids is 3. The fourth-order valence-electron chi connectivity index (χ4n) is 10.1. The summed E-state index contributed by atoms with van der Waals surface area (Å²) in [6.07, 6.45) is -0.635. The summed E-state index contributed by atoms with van der Waals surface area (Å²) in [5.74, 6) is -3.73. The Morgan fingerprint density at radius 1 is 0.701 bits per heavy atom. The van der Waals surface area contributed by atoms with Gasteiger partial charge < -0.3 is 43.7 Å². The van der Waals surface area contributed by atoms with Crippen LogP contribution in [0.2, 0.25) is 0 Å². The molecule has 3 amide bonds. The topological polar surface area (TPSA) is 215 Å². The third-order valence-electron chi connectivity index (χ3n) is 14.1. The van der Waals surface area contributed by atoms with Crippen molar-refractivity contribution in [2.24, 2.45) is 7.05 Å². The highest BCUT2D eigenvalue weighted by molar-refractivity contribution is 7.92. The van der Waals surface area contributed by atoms with Crippen molar-refractivity contribution >= 4 is 82.0 Å². The van der Waals surface area contributed by atoms with Crippen LogP contribution in [-0.4, -0.2) is 118 Å². The van der Waals surface area contributed by atoms with Gasteiger partial charge >= 0.3 is 0 Å². The lowest BCUT2D eigenvalue weighted by molar-refractivity contribution is -0.0228. The molecule has 2 unspecified atom stereocenters. The van der Waals surface area contributed by atoms with Gasteiger partial charge in [0.2, 0.25) is 20.0 Å². The Balaban J connectivity index is 0.997. The van der Waals surface area contributed by atoms with Gasteiger partial charge in [-0.3, -0.25) is 23.0 Å². The predicted molar refractivity (Wildman–Crippen MR) is 283 cm³/mol. The summed E-state index contributed by atoms with van der Waals surface area (Å²) >= 11 is 0. The van der Waals surface area contributed by atoms with Gasteiger partial charge in [-0.25, -0.2) is 30.0 Å². The Bertz CT molecular complexity index is 3910. The standard InChI is InChI=1S/C54H52F3N7O11S2/c1-58-52(65)47-37-21-35(45-26-60-17-19-72-45)41(25-44(37)75-50(47)29-7-12-32(55)13-8-29)63(5)77(70,71)28-31-11-16-39(57)34-23-42(61(3)49(31)34)54(67)64-18-20-73-46(27-64)36-22-38-43(24-40(36)62(4)76(6,68)69)74-51(48(38)53(66)59-2)30-9-14-33(56)15-10-30/h7-16,21-25,45-46,60H,17-20,26-28H2,1-6H3,(H,58,65)(H,59,66). The molecule has 0 aliphatic carbocycles. The summed E-state index contributed by atoms with van der Waals surface area (Å²) in [7, 11) is -1.18. The first-order valence-corrected chi connectivity index (χ1v) is 27.7. The van der Waals surface area contributed by atoms with Gasteiger partial charge in [-0.15, -0.1) is 0 Å². The van der Waals surface area contributed by atoms with E-state index in [1.165, 1.54) is 118 Å². The van der Waals surface area contributed by atoms with Gasteiger partial charge in [-0.1, -0.05) is 6.07 Å². The number of amides is 3. The van der Waals surface area contributed by atoms with Crippen LogP contribution in [0.5, 0.6) is 0 Å². The maximum absolute atomic E-state index is 16.0. The molecular formula is C54H52F3N7O11S2. The molecule has 0 radical (unpaired) electrons. The van der Waals surface area contributed by atoms with E-state index in [-0.39, 0.29) is 92.4 Å². The van der Waals surface area contributed by atoms with Crippen LogP contribution in [0, 0.1) is 17.5 Å². The smallest absolute Gasteiger partial charge is 0.270 e. The van der Waals surface area contributed by atoms with Crippen molar-refractivity contribution in [1.82, 2.24) is 25.4 Å². The number of anilines is 2. The van der Waals surface area contributed by atoms with Crippen LogP contribution < -0.4 is 24.6 Å². The molecule has 2 aliphatic heterocycles. The number of morpholine rings is 2. The van der Waals surface area contributed by atoms with Gasteiger partial charge in [0, 0.05) is 105 Å².